The summed E-state index contributed by atoms with van der Waals surface area (Å²) in [5.41, 5.74) is 12.0. The normalized spacial score (nSPS) is 19.3. The highest BCUT2D eigenvalue weighted by Gasteiger charge is 2.44. The van der Waals surface area contributed by atoms with E-state index in [-0.39, 0.29) is 44.5 Å². The third kappa shape index (κ3) is 15.9. The maximum absolute atomic E-state index is 14.1. The van der Waals surface area contributed by atoms with E-state index in [1.54, 1.807) is 39.8 Å². The van der Waals surface area contributed by atoms with E-state index in [0.717, 1.165) is 0 Å². The van der Waals surface area contributed by atoms with E-state index in [2.05, 4.69) is 31.9 Å². The first kappa shape index (κ1) is 55.0. The average Bonchev–Trinajstić information content (AvgIpc) is 4.00. The molecule has 1 aromatic carbocycles. The van der Waals surface area contributed by atoms with Gasteiger partial charge in [0.1, 0.15) is 48.0 Å². The first-order valence-electron chi connectivity index (χ1n) is 22.7. The van der Waals surface area contributed by atoms with E-state index in [1.807, 2.05) is 0 Å². The maximum Gasteiger partial charge on any atom is 0.326 e. The second-order valence-electron chi connectivity index (χ2n) is 17.3. The number of phenolic OH excluding ortho intramolecular Hbond substituents is 1. The lowest BCUT2D eigenvalue weighted by Crippen LogP contribution is -2.60. The highest BCUT2D eigenvalue weighted by atomic mass is 16.4. The van der Waals surface area contributed by atoms with Crippen molar-refractivity contribution in [2.75, 3.05) is 26.2 Å². The molecule has 23 heteroatoms. The third-order valence-corrected chi connectivity index (χ3v) is 12.3. The minimum Gasteiger partial charge on any atom is -0.508 e. The fraction of sp³-hybridized carbons (Fsp3) is 0.636. The second kappa shape index (κ2) is 26.1. The topological polar surface area (TPSA) is 362 Å². The number of carboxylic acid groups (broad SMARTS) is 1. The van der Waals surface area contributed by atoms with Gasteiger partial charge >= 0.3 is 5.97 Å². The number of aliphatic hydroxyl groups excluding tert-OH is 1. The van der Waals surface area contributed by atoms with Crippen molar-refractivity contribution in [2.24, 2.45) is 23.3 Å². The van der Waals surface area contributed by atoms with Crippen LogP contribution >= 0.6 is 0 Å². The number of hydrogen-bond donors (Lipinski definition) is 11. The Morgan fingerprint density at radius 2 is 1.33 bits per heavy atom. The lowest BCUT2D eigenvalue weighted by atomic mass is 9.97. The van der Waals surface area contributed by atoms with Crippen LogP contribution in [0.3, 0.4) is 0 Å². The van der Waals surface area contributed by atoms with Gasteiger partial charge in [0.2, 0.25) is 53.2 Å². The van der Waals surface area contributed by atoms with Gasteiger partial charge in [-0.3, -0.25) is 43.2 Å². The van der Waals surface area contributed by atoms with Gasteiger partial charge in [-0.1, -0.05) is 52.7 Å². The molecule has 3 rings (SSSR count). The summed E-state index contributed by atoms with van der Waals surface area (Å²) in [6.07, 6.45) is 1.85. The van der Waals surface area contributed by atoms with Crippen molar-refractivity contribution in [3.8, 4) is 5.75 Å². The SMILES string of the molecule is CC[C@H](C)[C@H](NC(=O)[C@H](CCC(N)=O)NC(=O)CNC(=O)[C@H](CO)NC(=O)[C@@H](NC(=O)[C@@H]1CCCN1C(=O)[C@@H]1CCCN1C(=O)[C@H](C)NC(=O)[C@@H](N)Cc1ccc(O)cc1)[C@@H](C)CC)C(=O)O. The van der Waals surface area contributed by atoms with Crippen molar-refractivity contribution in [1.82, 2.24) is 41.7 Å². The van der Waals surface area contributed by atoms with Gasteiger partial charge in [0.15, 0.2) is 0 Å². The number of carbonyl (C=O) groups is 10. The standard InChI is InChI=1S/C44H68N10O13/c1-6-23(3)35(41(63)50-30(22-55)38(60)47-21-34(58)49-29(16-17-33(46)57)39(61)52-36(44(66)67)24(4)7-2)51-40(62)31-10-8-18-53(31)43(65)32-11-9-19-54(32)42(64)25(5)48-37(59)28(45)20-26-12-14-27(56)15-13-26/h12-15,23-25,28-32,35-36,55-56H,6-11,16-22,45H2,1-5H3,(H2,46,57)(H,47,60)(H,48,59)(H,49,58)(H,50,63)(H,51,62)(H,52,61)(H,66,67)/t23-,24-,25-,28-,29-,30-,31-,32-,35-,36-/m0/s1. The Morgan fingerprint density at radius 1 is 0.731 bits per heavy atom. The molecule has 0 saturated carbocycles. The number of benzene rings is 1. The van der Waals surface area contributed by atoms with Crippen LogP contribution in [-0.2, 0) is 54.4 Å². The number of amides is 9. The van der Waals surface area contributed by atoms with Crippen LogP contribution in [-0.4, -0.2) is 159 Å². The molecule has 372 valence electrons. The van der Waals surface area contributed by atoms with Crippen molar-refractivity contribution >= 4 is 59.1 Å². The monoisotopic (exact) mass is 944 g/mol. The van der Waals surface area contributed by atoms with Crippen LogP contribution in [0.15, 0.2) is 24.3 Å². The molecule has 1 aromatic rings. The molecule has 9 amide bonds. The predicted molar refractivity (Wildman–Crippen MR) is 240 cm³/mol. The first-order valence-corrected chi connectivity index (χ1v) is 22.7. The molecule has 67 heavy (non-hydrogen) atoms. The number of aliphatic hydroxyl groups is 1. The molecule has 2 aliphatic rings. The molecule has 13 N–H and O–H groups in total. The van der Waals surface area contributed by atoms with Gasteiger partial charge in [0.05, 0.1) is 19.2 Å². The van der Waals surface area contributed by atoms with Gasteiger partial charge in [-0.05, 0) is 75.0 Å². The van der Waals surface area contributed by atoms with Crippen LogP contribution in [0, 0.1) is 11.8 Å². The third-order valence-electron chi connectivity index (χ3n) is 12.3. The number of primary amides is 1. The van der Waals surface area contributed by atoms with Crippen molar-refractivity contribution in [2.45, 2.75) is 141 Å². The van der Waals surface area contributed by atoms with E-state index >= 15 is 0 Å². The van der Waals surface area contributed by atoms with Crippen LogP contribution in [0.2, 0.25) is 0 Å². The molecule has 2 fully saturated rings. The molecule has 23 nitrogen and oxygen atoms in total. The zero-order valence-electron chi connectivity index (χ0n) is 38.7. The fourth-order valence-corrected chi connectivity index (χ4v) is 7.83. The Morgan fingerprint density at radius 3 is 1.91 bits per heavy atom. The summed E-state index contributed by atoms with van der Waals surface area (Å²) >= 11 is 0. The number of carboxylic acids is 1. The summed E-state index contributed by atoms with van der Waals surface area (Å²) in [6, 6.07) is -3.30. The van der Waals surface area contributed by atoms with E-state index in [0.29, 0.717) is 37.7 Å². The van der Waals surface area contributed by atoms with Crippen LogP contribution in [0.1, 0.15) is 91.5 Å². The van der Waals surface area contributed by atoms with E-state index in [1.165, 1.54) is 28.9 Å². The zero-order chi connectivity index (χ0) is 50.1. The van der Waals surface area contributed by atoms with Crippen molar-refractivity contribution in [3.63, 3.8) is 0 Å². The number of rotatable bonds is 25. The summed E-state index contributed by atoms with van der Waals surface area (Å²) in [5, 5.41) is 43.9. The van der Waals surface area contributed by atoms with Crippen LogP contribution in [0.25, 0.3) is 0 Å². The highest BCUT2D eigenvalue weighted by molar-refractivity contribution is 5.98. The number of carbonyl (C=O) groups excluding carboxylic acids is 9. The van der Waals surface area contributed by atoms with Crippen molar-refractivity contribution in [1.29, 1.82) is 0 Å². The molecule has 0 spiro atoms. The van der Waals surface area contributed by atoms with Crippen molar-refractivity contribution in [3.05, 3.63) is 29.8 Å². The molecule has 2 aliphatic heterocycles. The molecular formula is C44H68N10O13. The summed E-state index contributed by atoms with van der Waals surface area (Å²) in [5.74, 6) is -8.89. The summed E-state index contributed by atoms with van der Waals surface area (Å²) in [6.45, 7) is 7.02. The van der Waals surface area contributed by atoms with Gasteiger partial charge in [-0.15, -0.1) is 0 Å². The Labute approximate surface area is 389 Å². The summed E-state index contributed by atoms with van der Waals surface area (Å²) in [7, 11) is 0. The second-order valence-corrected chi connectivity index (χ2v) is 17.3. The Hall–Kier alpha value is -6.36. The van der Waals surface area contributed by atoms with Gasteiger partial charge in [-0.25, -0.2) is 4.79 Å². The molecule has 2 heterocycles. The van der Waals surface area contributed by atoms with E-state index in [4.69, 9.17) is 11.5 Å². The van der Waals surface area contributed by atoms with Crippen LogP contribution < -0.4 is 43.4 Å². The number of nitrogens with two attached hydrogens (primary N) is 2. The Kier molecular flexibility index (Phi) is 21.4. The molecule has 0 bridgehead atoms. The quantitative estimate of drug-likeness (QED) is 0.0473. The molecule has 0 radical (unpaired) electrons. The summed E-state index contributed by atoms with van der Waals surface area (Å²) in [4.78, 5) is 133. The maximum atomic E-state index is 14.1. The number of nitrogens with zero attached hydrogens (tertiary/aromatic N) is 2. The van der Waals surface area contributed by atoms with Crippen LogP contribution in [0.5, 0.6) is 5.75 Å². The van der Waals surface area contributed by atoms with Gasteiger partial charge in [0.25, 0.3) is 0 Å². The zero-order valence-corrected chi connectivity index (χ0v) is 38.7. The number of aliphatic carboxylic acids is 1. The Bertz CT molecular complexity index is 1950. The molecule has 2 saturated heterocycles. The number of likely N-dealkylation sites (tertiary alicyclic amines) is 2. The van der Waals surface area contributed by atoms with Gasteiger partial charge in [0, 0.05) is 19.5 Å². The lowest BCUT2D eigenvalue weighted by molar-refractivity contribution is -0.148. The number of nitrogens with one attached hydrogen (secondary N) is 6. The fourth-order valence-electron chi connectivity index (χ4n) is 7.83. The van der Waals surface area contributed by atoms with Gasteiger partial charge in [-0.2, -0.15) is 0 Å². The number of phenols is 1. The van der Waals surface area contributed by atoms with E-state index < -0.39 is 132 Å². The largest absolute Gasteiger partial charge is 0.508 e. The highest BCUT2D eigenvalue weighted by Crippen LogP contribution is 2.26. The van der Waals surface area contributed by atoms with Crippen molar-refractivity contribution < 1.29 is 63.3 Å². The molecule has 0 unspecified atom stereocenters. The van der Waals surface area contributed by atoms with E-state index in [9.17, 15) is 63.3 Å². The number of aromatic hydroxyl groups is 1. The van der Waals surface area contributed by atoms with Crippen LogP contribution in [0.4, 0.5) is 0 Å². The molecular weight excluding hydrogens is 877 g/mol. The predicted octanol–water partition coefficient (Wildman–Crippen LogP) is -2.76. The molecule has 10 atom stereocenters. The Balaban J connectivity index is 1.62. The number of hydrogen-bond acceptors (Lipinski definition) is 13. The molecule has 0 aliphatic carbocycles. The minimum absolute atomic E-state index is 0.0614. The lowest BCUT2D eigenvalue weighted by Gasteiger charge is -2.33. The minimum atomic E-state index is -1.61. The average molecular weight is 945 g/mol. The first-order chi connectivity index (χ1) is 31.6. The molecule has 0 aromatic heterocycles. The van der Waals surface area contributed by atoms with Gasteiger partial charge < -0.3 is 68.5 Å². The summed E-state index contributed by atoms with van der Waals surface area (Å²) < 4.78 is 0. The smallest absolute Gasteiger partial charge is 0.326 e.